The Bertz CT molecular complexity index is 435. The Morgan fingerprint density at radius 3 is 2.78 bits per heavy atom. The van der Waals surface area contributed by atoms with E-state index in [1.807, 2.05) is 6.92 Å². The van der Waals surface area contributed by atoms with Crippen LogP contribution in [0.3, 0.4) is 0 Å². The number of nitrogens with two attached hydrogens (primary N) is 1. The summed E-state index contributed by atoms with van der Waals surface area (Å²) in [6.45, 7) is 6.12. The van der Waals surface area contributed by atoms with Crippen molar-refractivity contribution in [3.05, 3.63) is 11.2 Å². The molecule has 1 rings (SSSR count). The summed E-state index contributed by atoms with van der Waals surface area (Å²) in [5, 5.41) is 6.28. The molecule has 0 aliphatic rings. The van der Waals surface area contributed by atoms with Gasteiger partial charge in [0.15, 0.2) is 5.82 Å². The molecule has 0 aliphatic heterocycles. The molecule has 18 heavy (non-hydrogen) atoms. The lowest BCUT2D eigenvalue weighted by Gasteiger charge is -2.23. The Kier molecular flexibility index (Phi) is 4.72. The maximum Gasteiger partial charge on any atom is 0.242 e. The summed E-state index contributed by atoms with van der Waals surface area (Å²) in [6.07, 6.45) is 2.44. The Hall–Kier alpha value is -1.56. The molecule has 0 aliphatic carbocycles. The highest BCUT2D eigenvalue weighted by Gasteiger charge is 2.26. The molecule has 0 bridgehead atoms. The normalized spacial score (nSPS) is 11.1. The molecule has 0 saturated carbocycles. The van der Waals surface area contributed by atoms with Crippen molar-refractivity contribution in [3.63, 3.8) is 0 Å². The number of anilines is 2. The second-order valence-electron chi connectivity index (χ2n) is 4.43. The predicted molar refractivity (Wildman–Crippen MR) is 72.7 cm³/mol. The molecule has 0 saturated heterocycles. The number of halogens is 1. The fourth-order valence-electron chi connectivity index (χ4n) is 1.13. The van der Waals surface area contributed by atoms with Gasteiger partial charge in [0.25, 0.3) is 0 Å². The third-order valence-corrected chi connectivity index (χ3v) is 2.60. The van der Waals surface area contributed by atoms with Crippen LogP contribution in [0.4, 0.5) is 11.8 Å². The zero-order valence-electron chi connectivity index (χ0n) is 10.7. The number of aromatic nitrogens is 2. The molecule has 1 amide bonds. The number of carbonyl (C=O) groups excluding carboxylic acids is 1. The largest absolute Gasteiger partial charge is 0.368 e. The van der Waals surface area contributed by atoms with Gasteiger partial charge in [0.05, 0.1) is 6.20 Å². The van der Waals surface area contributed by atoms with Crippen LogP contribution < -0.4 is 16.4 Å². The van der Waals surface area contributed by atoms with Crippen molar-refractivity contribution in [1.82, 2.24) is 9.97 Å². The van der Waals surface area contributed by atoms with Crippen molar-refractivity contribution in [2.45, 2.75) is 32.7 Å². The van der Waals surface area contributed by atoms with Gasteiger partial charge >= 0.3 is 0 Å². The first-order valence-electron chi connectivity index (χ1n) is 5.71. The SMILES string of the molecule is CCCNc1ncc(Cl)c(NC(C)(C)C(N)=O)n1. The van der Waals surface area contributed by atoms with E-state index in [2.05, 4.69) is 20.6 Å². The monoisotopic (exact) mass is 271 g/mol. The molecule has 6 nitrogen and oxygen atoms in total. The molecule has 1 aromatic rings. The smallest absolute Gasteiger partial charge is 0.242 e. The Labute approximate surface area is 111 Å². The van der Waals surface area contributed by atoms with E-state index in [0.29, 0.717) is 16.8 Å². The molecule has 0 aromatic carbocycles. The molecule has 7 heteroatoms. The highest BCUT2D eigenvalue weighted by Crippen LogP contribution is 2.22. The van der Waals surface area contributed by atoms with Crippen LogP contribution >= 0.6 is 11.6 Å². The van der Waals surface area contributed by atoms with Gasteiger partial charge in [0.2, 0.25) is 11.9 Å². The summed E-state index contributed by atoms with van der Waals surface area (Å²) in [5.41, 5.74) is 4.35. The van der Waals surface area contributed by atoms with E-state index in [1.54, 1.807) is 13.8 Å². The van der Waals surface area contributed by atoms with Gasteiger partial charge in [-0.15, -0.1) is 0 Å². The number of hydrogen-bond acceptors (Lipinski definition) is 5. The van der Waals surface area contributed by atoms with Crippen molar-refractivity contribution in [1.29, 1.82) is 0 Å². The number of rotatable bonds is 6. The summed E-state index contributed by atoms with van der Waals surface area (Å²) in [6, 6.07) is 0. The number of nitrogens with zero attached hydrogens (tertiary/aromatic N) is 2. The molecule has 1 heterocycles. The second-order valence-corrected chi connectivity index (χ2v) is 4.84. The van der Waals surface area contributed by atoms with E-state index in [0.717, 1.165) is 13.0 Å². The molecule has 0 atom stereocenters. The van der Waals surface area contributed by atoms with Crippen LogP contribution in [0.5, 0.6) is 0 Å². The average molecular weight is 272 g/mol. The molecule has 4 N–H and O–H groups in total. The van der Waals surface area contributed by atoms with Gasteiger partial charge in [-0.25, -0.2) is 4.98 Å². The van der Waals surface area contributed by atoms with Crippen molar-refractivity contribution < 1.29 is 4.79 Å². The molecular formula is C11H18ClN5O. The Balaban J connectivity index is 2.90. The quantitative estimate of drug-likeness (QED) is 0.731. The van der Waals surface area contributed by atoms with E-state index >= 15 is 0 Å². The van der Waals surface area contributed by atoms with Crippen molar-refractivity contribution in [2.75, 3.05) is 17.2 Å². The van der Waals surface area contributed by atoms with Crippen LogP contribution in [-0.2, 0) is 4.79 Å². The lowest BCUT2D eigenvalue weighted by atomic mass is 10.1. The van der Waals surface area contributed by atoms with Gasteiger partial charge in [-0.2, -0.15) is 4.98 Å². The average Bonchev–Trinajstić information content (AvgIpc) is 2.29. The van der Waals surface area contributed by atoms with E-state index in [1.165, 1.54) is 6.20 Å². The lowest BCUT2D eigenvalue weighted by molar-refractivity contribution is -0.121. The molecule has 0 radical (unpaired) electrons. The van der Waals surface area contributed by atoms with Crippen LogP contribution in [0.1, 0.15) is 27.2 Å². The number of carbonyl (C=O) groups is 1. The van der Waals surface area contributed by atoms with E-state index < -0.39 is 11.4 Å². The standard InChI is InChI=1S/C11H18ClN5O/c1-4-5-14-10-15-6-7(12)8(16-10)17-11(2,3)9(13)18/h6H,4-5H2,1-3H3,(H2,13,18)(H2,14,15,16,17). The first kappa shape index (κ1) is 14.5. The van der Waals surface area contributed by atoms with E-state index in [9.17, 15) is 4.79 Å². The van der Waals surface area contributed by atoms with Crippen LogP contribution in [0.25, 0.3) is 0 Å². The van der Waals surface area contributed by atoms with Crippen LogP contribution in [0, 0.1) is 0 Å². The summed E-state index contributed by atoms with van der Waals surface area (Å²) >= 11 is 5.97. The Morgan fingerprint density at radius 1 is 1.56 bits per heavy atom. The third-order valence-electron chi connectivity index (χ3n) is 2.32. The zero-order chi connectivity index (χ0) is 13.8. The van der Waals surface area contributed by atoms with E-state index in [-0.39, 0.29) is 0 Å². The molecule has 1 aromatic heterocycles. The highest BCUT2D eigenvalue weighted by atomic mass is 35.5. The third kappa shape index (κ3) is 3.73. The number of amides is 1. The maximum absolute atomic E-state index is 11.3. The minimum absolute atomic E-state index is 0.339. The van der Waals surface area contributed by atoms with Gasteiger partial charge in [-0.1, -0.05) is 18.5 Å². The van der Waals surface area contributed by atoms with Gasteiger partial charge in [-0.3, -0.25) is 4.79 Å². The lowest BCUT2D eigenvalue weighted by Crippen LogP contribution is -2.45. The molecule has 100 valence electrons. The van der Waals surface area contributed by atoms with Crippen molar-refractivity contribution in [3.8, 4) is 0 Å². The van der Waals surface area contributed by atoms with Gasteiger partial charge in [0, 0.05) is 6.54 Å². The first-order valence-corrected chi connectivity index (χ1v) is 6.09. The minimum Gasteiger partial charge on any atom is -0.368 e. The van der Waals surface area contributed by atoms with Gasteiger partial charge in [0.1, 0.15) is 10.6 Å². The fraction of sp³-hybridized carbons (Fsp3) is 0.545. The number of primary amides is 1. The summed E-state index contributed by atoms with van der Waals surface area (Å²) in [5.74, 6) is 0.360. The van der Waals surface area contributed by atoms with Crippen LogP contribution in [-0.4, -0.2) is 28.0 Å². The molecule has 0 unspecified atom stereocenters. The predicted octanol–water partition coefficient (Wildman–Crippen LogP) is 1.63. The topological polar surface area (TPSA) is 92.9 Å². The molecule has 0 spiro atoms. The number of nitrogens with one attached hydrogen (secondary N) is 2. The van der Waals surface area contributed by atoms with Crippen LogP contribution in [0.15, 0.2) is 6.20 Å². The summed E-state index contributed by atoms with van der Waals surface area (Å²) in [4.78, 5) is 19.5. The van der Waals surface area contributed by atoms with Crippen molar-refractivity contribution >= 4 is 29.3 Å². The maximum atomic E-state index is 11.3. The number of hydrogen-bond donors (Lipinski definition) is 3. The van der Waals surface area contributed by atoms with Crippen molar-refractivity contribution in [2.24, 2.45) is 5.73 Å². The Morgan fingerprint density at radius 2 is 2.22 bits per heavy atom. The fourth-order valence-corrected chi connectivity index (χ4v) is 1.27. The molecule has 0 fully saturated rings. The van der Waals surface area contributed by atoms with Crippen LogP contribution in [0.2, 0.25) is 5.02 Å². The second kappa shape index (κ2) is 5.86. The summed E-state index contributed by atoms with van der Waals surface area (Å²) in [7, 11) is 0. The first-order chi connectivity index (χ1) is 8.36. The van der Waals surface area contributed by atoms with E-state index in [4.69, 9.17) is 17.3 Å². The highest BCUT2D eigenvalue weighted by molar-refractivity contribution is 6.32. The van der Waals surface area contributed by atoms with Gasteiger partial charge < -0.3 is 16.4 Å². The zero-order valence-corrected chi connectivity index (χ0v) is 11.5. The minimum atomic E-state index is -0.931. The van der Waals surface area contributed by atoms with Gasteiger partial charge in [-0.05, 0) is 20.3 Å². The summed E-state index contributed by atoms with van der Waals surface area (Å²) < 4.78 is 0. The molecular weight excluding hydrogens is 254 g/mol.